The molecule has 4 rings (SSSR count). The molecule has 27 heteroatoms. The van der Waals surface area contributed by atoms with Crippen LogP contribution in [0.1, 0.15) is 45.4 Å². The van der Waals surface area contributed by atoms with Crippen LogP contribution in [0.3, 0.4) is 0 Å². The second kappa shape index (κ2) is 14.0. The van der Waals surface area contributed by atoms with Crippen LogP contribution in [0.15, 0.2) is 25.3 Å². The second-order valence-electron chi connectivity index (χ2n) is 13.2. The molecule has 4 aliphatic rings. The van der Waals surface area contributed by atoms with Gasteiger partial charge in [-0.05, 0) is 12.8 Å². The van der Waals surface area contributed by atoms with Crippen LogP contribution in [0.2, 0.25) is 0 Å². The minimum Gasteiger partial charge on any atom is -0.457 e. The summed E-state index contributed by atoms with van der Waals surface area (Å²) in [5.74, 6) is -60.9. The first-order valence-corrected chi connectivity index (χ1v) is 15.7. The summed E-state index contributed by atoms with van der Waals surface area (Å²) in [7, 11) is 0. The van der Waals surface area contributed by atoms with Gasteiger partial charge in [-0.25, -0.2) is 35.9 Å². The summed E-state index contributed by atoms with van der Waals surface area (Å²) < 4.78 is 333. The van der Waals surface area contributed by atoms with E-state index in [2.05, 4.69) is 32.1 Å². The largest absolute Gasteiger partial charge is 0.457 e. The Balaban J connectivity index is 2.35. The third-order valence-electron chi connectivity index (χ3n) is 9.76. The molecule has 4 fully saturated rings. The van der Waals surface area contributed by atoms with Crippen molar-refractivity contribution in [3.63, 3.8) is 0 Å². The molecule has 4 bridgehead atoms. The third-order valence-corrected chi connectivity index (χ3v) is 9.76. The zero-order chi connectivity index (χ0) is 44.7. The van der Waals surface area contributed by atoms with Gasteiger partial charge in [0.15, 0.2) is 0 Å². The lowest BCUT2D eigenvalue weighted by Crippen LogP contribution is -3.11. The van der Waals surface area contributed by atoms with Crippen molar-refractivity contribution in [1.82, 2.24) is 0 Å². The highest BCUT2D eigenvalue weighted by Gasteiger charge is 3.23. The smallest absolute Gasteiger partial charge is 0.394 e. The average molecular weight is 882 g/mol. The predicted molar refractivity (Wildman–Crippen MR) is 144 cm³/mol. The summed E-state index contributed by atoms with van der Waals surface area (Å²) in [6.07, 6.45) is -23.3. The summed E-state index contributed by atoms with van der Waals surface area (Å²) in [6.45, 7) is 0.575. The Hall–Kier alpha value is -3.13. The van der Waals surface area contributed by atoms with E-state index in [9.17, 15) is 40.3 Å². The van der Waals surface area contributed by atoms with Gasteiger partial charge in [-0.3, -0.25) is 0 Å². The number of hydrogen-bond donors (Lipinski definition) is 0. The van der Waals surface area contributed by atoms with Gasteiger partial charge in [-0.15, -0.1) is 0 Å². The molecule has 0 aliphatic heterocycles. The van der Waals surface area contributed by atoms with Gasteiger partial charge in [-0.1, -0.05) is 20.1 Å². The number of esters is 2. The molecule has 0 spiro atoms. The normalized spacial score (nSPS) is 32.6. The number of alkyl halides is 21. The van der Waals surface area contributed by atoms with Gasteiger partial charge in [0.1, 0.15) is 18.6 Å². The summed E-state index contributed by atoms with van der Waals surface area (Å²) in [6, 6.07) is 0. The van der Waals surface area contributed by atoms with E-state index in [4.69, 9.17) is 0 Å². The Bertz CT molecular complexity index is 1530. The number of carbonyl (C=O) groups excluding carboxylic acids is 2. The molecule has 0 radical (unpaired) electrons. The maximum atomic E-state index is 16.6. The molecule has 0 saturated heterocycles. The van der Waals surface area contributed by atoms with Gasteiger partial charge in [0.25, 0.3) is 17.1 Å². The van der Waals surface area contributed by atoms with Gasteiger partial charge in [0, 0.05) is 31.4 Å². The highest BCUT2D eigenvalue weighted by atomic mass is 19.4. The van der Waals surface area contributed by atoms with E-state index in [0.717, 1.165) is 6.92 Å². The Labute approximate surface area is 305 Å². The number of halogens is 21. The lowest BCUT2D eigenvalue weighted by molar-refractivity contribution is -0.630. The van der Waals surface area contributed by atoms with E-state index in [1.807, 2.05) is 0 Å². The van der Waals surface area contributed by atoms with Crippen molar-refractivity contribution >= 4 is 11.9 Å². The first-order chi connectivity index (χ1) is 25.3. The first kappa shape index (κ1) is 48.2. The molecular formula is C30H27F21O6. The van der Waals surface area contributed by atoms with Crippen LogP contribution in [-0.4, -0.2) is 113 Å². The van der Waals surface area contributed by atoms with E-state index in [1.54, 1.807) is 0 Å². The molecule has 330 valence electrons. The quantitative estimate of drug-likeness (QED) is 0.0778. The Kier molecular flexibility index (Phi) is 11.8. The maximum absolute atomic E-state index is 16.6. The number of carbonyl (C=O) groups is 2. The molecule has 4 unspecified atom stereocenters. The molecule has 4 atom stereocenters. The van der Waals surface area contributed by atoms with Crippen molar-refractivity contribution in [2.24, 2.45) is 0 Å². The topological polar surface area (TPSA) is 71.1 Å². The molecule has 57 heavy (non-hydrogen) atoms. The molecule has 6 nitrogen and oxygen atoms in total. The predicted octanol–water partition coefficient (Wildman–Crippen LogP) is 9.16. The maximum Gasteiger partial charge on any atom is 0.394 e. The summed E-state index contributed by atoms with van der Waals surface area (Å²) >= 11 is 0. The van der Waals surface area contributed by atoms with E-state index in [0.29, 0.717) is 0 Å². The summed E-state index contributed by atoms with van der Waals surface area (Å²) in [5, 5.41) is 0. The van der Waals surface area contributed by atoms with Crippen LogP contribution in [0.4, 0.5) is 92.2 Å². The Morgan fingerprint density at radius 2 is 0.860 bits per heavy atom. The zero-order valence-electron chi connectivity index (χ0n) is 28.3. The lowest BCUT2D eigenvalue weighted by Gasteiger charge is -2.76. The van der Waals surface area contributed by atoms with Gasteiger partial charge in [0.05, 0.1) is 13.2 Å². The van der Waals surface area contributed by atoms with Crippen molar-refractivity contribution in [1.29, 1.82) is 0 Å². The molecule has 0 heterocycles. The zero-order valence-corrected chi connectivity index (χ0v) is 28.3. The minimum absolute atomic E-state index is 0.00697. The summed E-state index contributed by atoms with van der Waals surface area (Å²) in [5.41, 5.74) is -30.9. The van der Waals surface area contributed by atoms with E-state index >= 15 is 61.5 Å². The van der Waals surface area contributed by atoms with Crippen LogP contribution in [-0.2, 0) is 28.5 Å². The number of ether oxygens (including phenoxy) is 4. The average Bonchev–Trinajstić information content (AvgIpc) is 3.05. The molecule has 0 N–H and O–H groups in total. The van der Waals surface area contributed by atoms with Crippen LogP contribution in [0.25, 0.3) is 0 Å². The minimum atomic E-state index is -8.18. The lowest BCUT2D eigenvalue weighted by atomic mass is 9.39. The Morgan fingerprint density at radius 3 is 1.14 bits per heavy atom. The van der Waals surface area contributed by atoms with Gasteiger partial charge >= 0.3 is 65.0 Å². The van der Waals surface area contributed by atoms with Crippen molar-refractivity contribution in [3.8, 4) is 0 Å². The van der Waals surface area contributed by atoms with Crippen LogP contribution in [0, 0.1) is 0 Å². The highest BCUT2D eigenvalue weighted by Crippen LogP contribution is 2.88. The van der Waals surface area contributed by atoms with Crippen molar-refractivity contribution in [2.75, 3.05) is 13.2 Å². The van der Waals surface area contributed by atoms with Crippen LogP contribution < -0.4 is 0 Å². The van der Waals surface area contributed by atoms with Gasteiger partial charge in [-0.2, -0.15) is 65.9 Å². The number of rotatable bonds is 18. The molecular weight excluding hydrogens is 855 g/mol. The van der Waals surface area contributed by atoms with Crippen molar-refractivity contribution < 1.29 is 121 Å². The monoisotopic (exact) mass is 882 g/mol. The fourth-order valence-corrected chi connectivity index (χ4v) is 6.88. The highest BCUT2D eigenvalue weighted by molar-refractivity contribution is 5.81. The molecule has 4 aliphatic carbocycles. The van der Waals surface area contributed by atoms with E-state index < -0.39 is 152 Å². The van der Waals surface area contributed by atoms with Crippen LogP contribution >= 0.6 is 0 Å². The standard InChI is InChI=1S/C30H27F21O6/c1-4-16(52)56-14(7-9-18(31,32)6-3)11-54-23-26(42,43)21(38)25(40,41)22(39,27(23,44)45)29(48,49)24(28(21,46)47,30(23,50)51)55-12-15(57-17(53)5-2)8-10-19(33,34)13-20(35,36)37/h4-5,14-15H,1-2,6-13H2,3H3. The van der Waals surface area contributed by atoms with Crippen molar-refractivity contribution in [3.05, 3.63) is 25.3 Å². The van der Waals surface area contributed by atoms with E-state index in [1.165, 1.54) is 0 Å². The van der Waals surface area contributed by atoms with Gasteiger partial charge < -0.3 is 18.9 Å². The number of hydrogen-bond acceptors (Lipinski definition) is 6. The van der Waals surface area contributed by atoms with Crippen molar-refractivity contribution in [2.45, 2.75) is 134 Å². The summed E-state index contributed by atoms with van der Waals surface area (Å²) in [4.78, 5) is 23.5. The molecule has 0 aromatic rings. The fraction of sp³-hybridized carbons (Fsp3) is 0.800. The fourth-order valence-electron chi connectivity index (χ4n) is 6.88. The molecule has 0 amide bonds. The second-order valence-corrected chi connectivity index (χ2v) is 13.2. The molecule has 0 aromatic heterocycles. The SMILES string of the molecule is C=CC(=O)OC(CCC(F)(F)CC)COC12C(F)(F)C3(F)C(F)(F)C(F)(C1(F)F)C(F)(F)C(OCC(CCC(F)(F)CC(F)(F)F)OC(=O)C=C)(C3(F)F)C2(F)F. The molecule has 4 saturated carbocycles. The first-order valence-electron chi connectivity index (χ1n) is 15.7. The van der Waals surface area contributed by atoms with Crippen LogP contribution in [0.5, 0.6) is 0 Å². The molecule has 0 aromatic carbocycles. The Morgan fingerprint density at radius 1 is 0.544 bits per heavy atom. The van der Waals surface area contributed by atoms with E-state index in [-0.39, 0.29) is 12.2 Å². The third kappa shape index (κ3) is 6.09. The van der Waals surface area contributed by atoms with Gasteiger partial charge in [0.2, 0.25) is 5.92 Å².